The van der Waals surface area contributed by atoms with E-state index < -0.39 is 23.2 Å². The fourth-order valence-corrected chi connectivity index (χ4v) is 2.15. The highest BCUT2D eigenvalue weighted by atomic mass is 32.1. The summed E-state index contributed by atoms with van der Waals surface area (Å²) in [5.74, 6) is -0.445. The minimum atomic E-state index is -4.50. The van der Waals surface area contributed by atoms with Crippen LogP contribution in [0.15, 0.2) is 46.7 Å². The molecule has 2 rings (SSSR count). The number of hydrogen-bond acceptors (Lipinski definition) is 4. The van der Waals surface area contributed by atoms with Gasteiger partial charge < -0.3 is 5.11 Å². The van der Waals surface area contributed by atoms with Crippen molar-refractivity contribution in [1.82, 2.24) is 9.55 Å². The molecule has 1 aromatic heterocycles. The number of aliphatic imine (C=N–C) groups is 1. The van der Waals surface area contributed by atoms with Gasteiger partial charge in [0.1, 0.15) is 5.56 Å². The van der Waals surface area contributed by atoms with Crippen LogP contribution in [0.25, 0.3) is 0 Å². The second-order valence-corrected chi connectivity index (χ2v) is 5.09. The van der Waals surface area contributed by atoms with Gasteiger partial charge in [-0.15, -0.1) is 6.58 Å². The molecular formula is C15H12F3N3O2S. The monoisotopic (exact) mass is 355 g/mol. The Morgan fingerprint density at radius 2 is 2.12 bits per heavy atom. The van der Waals surface area contributed by atoms with Gasteiger partial charge in [-0.2, -0.15) is 13.2 Å². The molecule has 24 heavy (non-hydrogen) atoms. The van der Waals surface area contributed by atoms with Crippen molar-refractivity contribution in [3.05, 3.63) is 63.2 Å². The number of hydrogen-bond donors (Lipinski definition) is 2. The van der Waals surface area contributed by atoms with Gasteiger partial charge in [-0.3, -0.25) is 19.3 Å². The van der Waals surface area contributed by atoms with E-state index in [9.17, 15) is 23.1 Å². The van der Waals surface area contributed by atoms with Crippen LogP contribution in [0.4, 0.5) is 18.9 Å². The van der Waals surface area contributed by atoms with E-state index in [1.807, 2.05) is 0 Å². The maximum atomic E-state index is 12.7. The van der Waals surface area contributed by atoms with Crippen LogP contribution in [0, 0.1) is 4.77 Å². The van der Waals surface area contributed by atoms with E-state index in [-0.39, 0.29) is 22.6 Å². The number of allylic oxidation sites excluding steroid dienone is 1. The molecule has 0 fully saturated rings. The van der Waals surface area contributed by atoms with Crippen LogP contribution in [0.1, 0.15) is 11.1 Å². The summed E-state index contributed by atoms with van der Waals surface area (Å²) in [4.78, 5) is 18.0. The predicted molar refractivity (Wildman–Crippen MR) is 86.4 cm³/mol. The quantitative estimate of drug-likeness (QED) is 0.500. The van der Waals surface area contributed by atoms with E-state index in [1.54, 1.807) is 0 Å². The van der Waals surface area contributed by atoms with Gasteiger partial charge in [0.25, 0.3) is 5.56 Å². The lowest BCUT2D eigenvalue weighted by Gasteiger charge is -2.08. The zero-order valence-electron chi connectivity index (χ0n) is 12.2. The molecule has 0 saturated heterocycles. The molecular weight excluding hydrogens is 343 g/mol. The Hall–Kier alpha value is -2.68. The van der Waals surface area contributed by atoms with Gasteiger partial charge in [0.2, 0.25) is 5.88 Å². The number of aromatic amines is 1. The van der Waals surface area contributed by atoms with Crippen LogP contribution in [-0.4, -0.2) is 20.9 Å². The fourth-order valence-electron chi connectivity index (χ4n) is 1.89. The molecule has 0 radical (unpaired) electrons. The highest BCUT2D eigenvalue weighted by molar-refractivity contribution is 7.71. The van der Waals surface area contributed by atoms with E-state index >= 15 is 0 Å². The van der Waals surface area contributed by atoms with E-state index in [0.29, 0.717) is 0 Å². The molecule has 0 bridgehead atoms. The average molecular weight is 355 g/mol. The minimum absolute atomic E-state index is 0.00591. The first-order valence-electron chi connectivity index (χ1n) is 6.62. The smallest absolute Gasteiger partial charge is 0.416 e. The Balaban J connectivity index is 2.47. The third-order valence-electron chi connectivity index (χ3n) is 3.03. The summed E-state index contributed by atoms with van der Waals surface area (Å²) in [5.41, 5.74) is -1.80. The molecule has 0 amide bonds. The minimum Gasteiger partial charge on any atom is -0.494 e. The summed E-state index contributed by atoms with van der Waals surface area (Å²) in [6.07, 6.45) is -2.05. The normalized spacial score (nSPS) is 11.8. The topological polar surface area (TPSA) is 70.4 Å². The lowest BCUT2D eigenvalue weighted by Crippen LogP contribution is -2.18. The van der Waals surface area contributed by atoms with E-state index in [1.165, 1.54) is 22.8 Å². The van der Waals surface area contributed by atoms with E-state index in [4.69, 9.17) is 12.2 Å². The van der Waals surface area contributed by atoms with Gasteiger partial charge in [0, 0.05) is 12.8 Å². The number of benzene rings is 1. The fraction of sp³-hybridized carbons (Fsp3) is 0.133. The first-order chi connectivity index (χ1) is 11.2. The SMILES string of the molecule is C=CCn1c(O)c(C=Nc2cccc(C(F)(F)F)c2)c(=O)[nH]c1=S. The van der Waals surface area contributed by atoms with Crippen LogP contribution in [0.2, 0.25) is 0 Å². The zero-order valence-corrected chi connectivity index (χ0v) is 13.0. The van der Waals surface area contributed by atoms with Crippen LogP contribution >= 0.6 is 12.2 Å². The Bertz CT molecular complexity index is 913. The molecule has 0 atom stereocenters. The number of nitrogens with one attached hydrogen (secondary N) is 1. The molecule has 0 aliphatic carbocycles. The number of nitrogens with zero attached hydrogens (tertiary/aromatic N) is 2. The van der Waals surface area contributed by atoms with Crippen LogP contribution in [0.3, 0.4) is 0 Å². The third-order valence-corrected chi connectivity index (χ3v) is 3.36. The molecule has 0 saturated carbocycles. The molecule has 9 heteroatoms. The molecule has 2 aromatic rings. The van der Waals surface area contributed by atoms with Gasteiger partial charge in [0.05, 0.1) is 11.3 Å². The van der Waals surface area contributed by atoms with Crippen LogP contribution in [-0.2, 0) is 12.7 Å². The Kier molecular flexibility index (Phi) is 5.03. The number of H-pyrrole nitrogens is 1. The molecule has 0 unspecified atom stereocenters. The Morgan fingerprint density at radius 3 is 2.75 bits per heavy atom. The number of aromatic hydroxyl groups is 1. The van der Waals surface area contributed by atoms with Gasteiger partial charge in [0.15, 0.2) is 4.77 Å². The van der Waals surface area contributed by atoms with E-state index in [2.05, 4.69) is 16.6 Å². The van der Waals surface area contributed by atoms with Gasteiger partial charge in [-0.25, -0.2) is 0 Å². The van der Waals surface area contributed by atoms with Gasteiger partial charge in [-0.05, 0) is 30.4 Å². The standard InChI is InChI=1S/C15H12F3N3O2S/c1-2-6-21-13(23)11(12(22)20-14(21)24)8-19-10-5-3-4-9(7-10)15(16,17)18/h2-5,7-8,23H,1,6H2,(H,20,22,24). The second kappa shape index (κ2) is 6.83. The van der Waals surface area contributed by atoms with Crippen LogP contribution in [0.5, 0.6) is 5.88 Å². The maximum absolute atomic E-state index is 12.7. The lowest BCUT2D eigenvalue weighted by molar-refractivity contribution is -0.137. The summed E-state index contributed by atoms with van der Waals surface area (Å²) >= 11 is 4.92. The Labute approximate surface area is 139 Å². The number of alkyl halides is 3. The number of halogens is 3. The van der Waals surface area contributed by atoms with E-state index in [0.717, 1.165) is 18.3 Å². The van der Waals surface area contributed by atoms with Gasteiger partial charge >= 0.3 is 6.18 Å². The van der Waals surface area contributed by atoms with Crippen molar-refractivity contribution in [1.29, 1.82) is 0 Å². The van der Waals surface area contributed by atoms with Crippen molar-refractivity contribution in [2.75, 3.05) is 0 Å². The zero-order chi connectivity index (χ0) is 17.9. The molecule has 5 nitrogen and oxygen atoms in total. The summed E-state index contributed by atoms with van der Waals surface area (Å²) in [7, 11) is 0. The molecule has 126 valence electrons. The van der Waals surface area contributed by atoms with Crippen molar-refractivity contribution in [3.8, 4) is 5.88 Å². The average Bonchev–Trinajstić information content (AvgIpc) is 2.50. The third kappa shape index (κ3) is 3.80. The molecule has 0 aliphatic heterocycles. The molecule has 2 N–H and O–H groups in total. The summed E-state index contributed by atoms with van der Waals surface area (Å²) in [5, 5.41) is 10.1. The summed E-state index contributed by atoms with van der Waals surface area (Å²) in [6, 6.07) is 4.29. The summed E-state index contributed by atoms with van der Waals surface area (Å²) < 4.78 is 39.2. The molecule has 0 aliphatic rings. The largest absolute Gasteiger partial charge is 0.494 e. The number of aromatic nitrogens is 2. The van der Waals surface area contributed by atoms with Crippen molar-refractivity contribution in [3.63, 3.8) is 0 Å². The summed E-state index contributed by atoms with van der Waals surface area (Å²) in [6.45, 7) is 3.65. The highest BCUT2D eigenvalue weighted by Gasteiger charge is 2.30. The van der Waals surface area contributed by atoms with Crippen molar-refractivity contribution in [2.24, 2.45) is 4.99 Å². The van der Waals surface area contributed by atoms with Crippen molar-refractivity contribution >= 4 is 24.1 Å². The second-order valence-electron chi connectivity index (χ2n) is 4.70. The predicted octanol–water partition coefficient (Wildman–Crippen LogP) is 3.57. The lowest BCUT2D eigenvalue weighted by atomic mass is 10.2. The van der Waals surface area contributed by atoms with Crippen molar-refractivity contribution < 1.29 is 18.3 Å². The molecule has 1 aromatic carbocycles. The first kappa shape index (κ1) is 17.7. The molecule has 0 spiro atoms. The highest BCUT2D eigenvalue weighted by Crippen LogP contribution is 2.31. The van der Waals surface area contributed by atoms with Gasteiger partial charge in [-0.1, -0.05) is 12.1 Å². The maximum Gasteiger partial charge on any atom is 0.416 e. The Morgan fingerprint density at radius 1 is 1.42 bits per heavy atom. The number of rotatable bonds is 4. The molecule has 1 heterocycles. The van der Waals surface area contributed by atoms with Crippen molar-refractivity contribution in [2.45, 2.75) is 12.7 Å². The van der Waals surface area contributed by atoms with Crippen LogP contribution < -0.4 is 5.56 Å². The first-order valence-corrected chi connectivity index (χ1v) is 7.03.